The average molecular weight is 778 g/mol. The molecule has 0 saturated carbocycles. The molecule has 0 heterocycles. The van der Waals surface area contributed by atoms with Gasteiger partial charge in [-0.05, 0) is 120 Å². The average Bonchev–Trinajstić information content (AvgIpc) is 3.36. The van der Waals surface area contributed by atoms with Crippen molar-refractivity contribution in [2.45, 2.75) is 0 Å². The van der Waals surface area contributed by atoms with Crippen LogP contribution in [-0.4, -0.2) is 0 Å². The summed E-state index contributed by atoms with van der Waals surface area (Å²) < 4.78 is 0. The largest absolute Gasteiger partial charge is 0.311 e. The van der Waals surface area contributed by atoms with Crippen LogP contribution in [0.5, 0.6) is 0 Å². The number of nitrogens with zero attached hydrogens (tertiary/aromatic N) is 1. The molecule has 0 unspecified atom stereocenters. The summed E-state index contributed by atoms with van der Waals surface area (Å²) in [6.07, 6.45) is 0. The van der Waals surface area contributed by atoms with E-state index in [1.165, 1.54) is 72.3 Å². The van der Waals surface area contributed by atoms with Gasteiger partial charge in [-0.2, -0.15) is 0 Å². The molecule has 1 nitrogen and oxygen atoms in total. The van der Waals surface area contributed by atoms with Crippen molar-refractivity contribution in [1.29, 1.82) is 0 Å². The van der Waals surface area contributed by atoms with Crippen LogP contribution in [0.1, 0.15) is 0 Å². The predicted molar refractivity (Wildman–Crippen MR) is 259 cm³/mol. The lowest BCUT2D eigenvalue weighted by molar-refractivity contribution is 1.28. The van der Waals surface area contributed by atoms with Crippen LogP contribution in [0.25, 0.3) is 77.9 Å². The lowest BCUT2D eigenvalue weighted by Crippen LogP contribution is -2.09. The van der Waals surface area contributed by atoms with Gasteiger partial charge in [-0.3, -0.25) is 0 Å². The van der Waals surface area contributed by atoms with Crippen molar-refractivity contribution in [3.8, 4) is 77.9 Å². The fraction of sp³-hybridized carbons (Fsp3) is 0. The van der Waals surface area contributed by atoms with Gasteiger partial charge < -0.3 is 4.90 Å². The highest BCUT2D eigenvalue weighted by atomic mass is 15.1. The zero-order chi connectivity index (χ0) is 40.8. The van der Waals surface area contributed by atoms with Gasteiger partial charge in [0, 0.05) is 17.1 Å². The zero-order valence-electron chi connectivity index (χ0n) is 33.8. The van der Waals surface area contributed by atoms with E-state index in [0.29, 0.717) is 0 Å². The van der Waals surface area contributed by atoms with Gasteiger partial charge in [0.25, 0.3) is 0 Å². The Hall–Kier alpha value is -8.00. The van der Waals surface area contributed by atoms with E-state index < -0.39 is 0 Å². The molecule has 0 atom stereocenters. The first kappa shape index (κ1) is 37.3. The van der Waals surface area contributed by atoms with Crippen LogP contribution in [0.4, 0.5) is 17.1 Å². The third kappa shape index (κ3) is 8.06. The summed E-state index contributed by atoms with van der Waals surface area (Å²) in [5.41, 5.74) is 20.0. The van der Waals surface area contributed by atoms with E-state index in [9.17, 15) is 0 Å². The Labute approximate surface area is 359 Å². The summed E-state index contributed by atoms with van der Waals surface area (Å²) in [7, 11) is 0. The molecule has 61 heavy (non-hydrogen) atoms. The summed E-state index contributed by atoms with van der Waals surface area (Å²) in [4.78, 5) is 2.35. The molecule has 10 aromatic carbocycles. The van der Waals surface area contributed by atoms with E-state index >= 15 is 0 Å². The van der Waals surface area contributed by atoms with Crippen molar-refractivity contribution in [3.05, 3.63) is 261 Å². The Kier molecular flexibility index (Phi) is 10.4. The van der Waals surface area contributed by atoms with Crippen LogP contribution in [0.2, 0.25) is 0 Å². The van der Waals surface area contributed by atoms with E-state index in [1.54, 1.807) is 0 Å². The van der Waals surface area contributed by atoms with Gasteiger partial charge in [-0.1, -0.05) is 218 Å². The first-order valence-corrected chi connectivity index (χ1v) is 20.9. The van der Waals surface area contributed by atoms with Crippen molar-refractivity contribution in [3.63, 3.8) is 0 Å². The quantitative estimate of drug-likeness (QED) is 0.134. The van der Waals surface area contributed by atoms with Crippen LogP contribution >= 0.6 is 0 Å². The molecule has 10 aromatic rings. The number of anilines is 3. The van der Waals surface area contributed by atoms with Crippen LogP contribution < -0.4 is 4.90 Å². The Morgan fingerprint density at radius 3 is 0.738 bits per heavy atom. The van der Waals surface area contributed by atoms with Crippen molar-refractivity contribution < 1.29 is 0 Å². The SMILES string of the molecule is c1ccc(-c2ccc(-c3ccc(-c4ccc(-c5ccccc5)cc4)c(-c4ccc(N(c5ccc(-c6ccccc6)cc5)c5ccc(-c6ccccc6)cc5)cc4)c3)cc2)cc1. The Balaban J connectivity index is 1.04. The van der Waals surface area contributed by atoms with E-state index in [2.05, 4.69) is 266 Å². The molecular weight excluding hydrogens is 735 g/mol. The number of hydrogen-bond donors (Lipinski definition) is 0. The highest BCUT2D eigenvalue weighted by Crippen LogP contribution is 2.41. The molecule has 0 aliphatic heterocycles. The molecule has 0 radical (unpaired) electrons. The topological polar surface area (TPSA) is 3.24 Å². The Morgan fingerprint density at radius 1 is 0.164 bits per heavy atom. The smallest absolute Gasteiger partial charge is 0.0462 e. The summed E-state index contributed by atoms with van der Waals surface area (Å²) >= 11 is 0. The van der Waals surface area contributed by atoms with E-state index in [0.717, 1.165) is 22.6 Å². The molecule has 0 saturated heterocycles. The third-order valence-corrected chi connectivity index (χ3v) is 11.5. The maximum Gasteiger partial charge on any atom is 0.0462 e. The predicted octanol–water partition coefficient (Wildman–Crippen LogP) is 16.8. The molecule has 288 valence electrons. The maximum absolute atomic E-state index is 2.36. The van der Waals surface area contributed by atoms with Crippen molar-refractivity contribution in [2.24, 2.45) is 0 Å². The molecule has 0 aliphatic carbocycles. The van der Waals surface area contributed by atoms with Crippen LogP contribution in [-0.2, 0) is 0 Å². The molecule has 0 aromatic heterocycles. The molecule has 10 rings (SSSR count). The molecule has 1 heteroatoms. The van der Waals surface area contributed by atoms with Gasteiger partial charge in [0.05, 0.1) is 0 Å². The maximum atomic E-state index is 2.36. The summed E-state index contributed by atoms with van der Waals surface area (Å²) in [6.45, 7) is 0. The number of benzene rings is 10. The molecule has 0 fully saturated rings. The minimum atomic E-state index is 1.09. The van der Waals surface area contributed by atoms with Crippen molar-refractivity contribution in [1.82, 2.24) is 0 Å². The summed E-state index contributed by atoms with van der Waals surface area (Å²) in [5.74, 6) is 0. The Morgan fingerprint density at radius 2 is 0.393 bits per heavy atom. The van der Waals surface area contributed by atoms with Crippen LogP contribution in [0.3, 0.4) is 0 Å². The van der Waals surface area contributed by atoms with Crippen molar-refractivity contribution in [2.75, 3.05) is 4.90 Å². The lowest BCUT2D eigenvalue weighted by Gasteiger charge is -2.26. The fourth-order valence-corrected chi connectivity index (χ4v) is 8.28. The third-order valence-electron chi connectivity index (χ3n) is 11.5. The highest BCUT2D eigenvalue weighted by Gasteiger charge is 2.16. The first-order chi connectivity index (χ1) is 30.2. The second-order valence-electron chi connectivity index (χ2n) is 15.4. The molecular formula is C60H43N. The minimum absolute atomic E-state index is 1.09. The van der Waals surface area contributed by atoms with Gasteiger partial charge in [-0.25, -0.2) is 0 Å². The lowest BCUT2D eigenvalue weighted by atomic mass is 9.90. The van der Waals surface area contributed by atoms with E-state index in [1.807, 2.05) is 0 Å². The normalized spacial score (nSPS) is 11.0. The first-order valence-electron chi connectivity index (χ1n) is 20.9. The second-order valence-corrected chi connectivity index (χ2v) is 15.4. The second kappa shape index (κ2) is 17.1. The van der Waals surface area contributed by atoms with Crippen LogP contribution in [0, 0.1) is 0 Å². The molecule has 0 aliphatic rings. The monoisotopic (exact) mass is 777 g/mol. The van der Waals surface area contributed by atoms with Gasteiger partial charge in [0.15, 0.2) is 0 Å². The molecule has 0 N–H and O–H groups in total. The van der Waals surface area contributed by atoms with Crippen LogP contribution in [0.15, 0.2) is 261 Å². The highest BCUT2D eigenvalue weighted by molar-refractivity contribution is 5.89. The Bertz CT molecular complexity index is 2890. The van der Waals surface area contributed by atoms with Gasteiger partial charge in [0.2, 0.25) is 0 Å². The van der Waals surface area contributed by atoms with Crippen molar-refractivity contribution >= 4 is 17.1 Å². The molecule has 0 spiro atoms. The van der Waals surface area contributed by atoms with E-state index in [-0.39, 0.29) is 0 Å². The summed E-state index contributed by atoms with van der Waals surface area (Å²) in [6, 6.07) is 94.0. The zero-order valence-corrected chi connectivity index (χ0v) is 33.8. The van der Waals surface area contributed by atoms with E-state index in [4.69, 9.17) is 0 Å². The minimum Gasteiger partial charge on any atom is -0.311 e. The number of hydrogen-bond acceptors (Lipinski definition) is 1. The van der Waals surface area contributed by atoms with Gasteiger partial charge in [-0.15, -0.1) is 0 Å². The molecule has 0 bridgehead atoms. The van der Waals surface area contributed by atoms with Gasteiger partial charge >= 0.3 is 0 Å². The summed E-state index contributed by atoms with van der Waals surface area (Å²) in [5, 5.41) is 0. The standard InChI is InChI=1S/C60H43N/c1-5-13-44(14-6-1)48-21-23-52(24-22-48)55-35-42-59(53-27-25-49(26-28-53)45-15-7-2-8-16-45)60(43-55)54-33-40-58(41-34-54)61(56-36-29-50(30-37-56)46-17-9-3-10-18-46)57-38-31-51(32-39-57)47-19-11-4-12-20-47/h1-43H. The number of rotatable bonds is 10. The van der Waals surface area contributed by atoms with Gasteiger partial charge in [0.1, 0.15) is 0 Å². The fourth-order valence-electron chi connectivity index (χ4n) is 8.28. The molecule has 0 amide bonds.